The number of aromatic nitrogens is 1. The van der Waals surface area contributed by atoms with E-state index in [1.54, 1.807) is 17.7 Å². The van der Waals surface area contributed by atoms with E-state index in [4.69, 9.17) is 9.84 Å². The summed E-state index contributed by atoms with van der Waals surface area (Å²) >= 11 is 0. The number of rotatable bonds is 5. The number of hydrogen-bond acceptors (Lipinski definition) is 3. The minimum atomic E-state index is -0.243. The molecule has 0 atom stereocenters. The lowest BCUT2D eigenvalue weighted by Crippen LogP contribution is -2.22. The summed E-state index contributed by atoms with van der Waals surface area (Å²) in [4.78, 5) is 12.0. The van der Waals surface area contributed by atoms with Crippen molar-refractivity contribution in [2.24, 2.45) is 7.05 Å². The molecule has 1 N–H and O–H groups in total. The highest BCUT2D eigenvalue weighted by Crippen LogP contribution is 2.23. The van der Waals surface area contributed by atoms with Crippen LogP contribution in [0.5, 0.6) is 5.75 Å². The largest absolute Gasteiger partial charge is 0.494 e. The minimum absolute atomic E-state index is 0.176. The number of aliphatic hydroxyl groups is 1. The molecule has 2 rings (SSSR count). The molecule has 0 radical (unpaired) electrons. The van der Waals surface area contributed by atoms with Gasteiger partial charge in [0.05, 0.1) is 18.9 Å². The van der Waals surface area contributed by atoms with Crippen LogP contribution in [-0.4, -0.2) is 16.3 Å². The molecule has 2 aromatic rings. The van der Waals surface area contributed by atoms with Crippen molar-refractivity contribution in [2.45, 2.75) is 20.0 Å². The van der Waals surface area contributed by atoms with Crippen LogP contribution in [0.15, 0.2) is 41.2 Å². The summed E-state index contributed by atoms with van der Waals surface area (Å²) in [6.07, 6.45) is 0.952. The fraction of sp³-hybridized carbons (Fsp3) is 0.312. The highest BCUT2D eigenvalue weighted by atomic mass is 16.5. The van der Waals surface area contributed by atoms with E-state index in [1.165, 1.54) is 0 Å². The summed E-state index contributed by atoms with van der Waals surface area (Å²) in [5.41, 5.74) is 1.94. The molecule has 0 amide bonds. The molecule has 1 heterocycles. The third-order valence-corrected chi connectivity index (χ3v) is 3.16. The van der Waals surface area contributed by atoms with E-state index in [0.29, 0.717) is 12.2 Å². The van der Waals surface area contributed by atoms with Crippen LogP contribution in [0.4, 0.5) is 0 Å². The summed E-state index contributed by atoms with van der Waals surface area (Å²) in [7, 11) is 1.70. The SMILES string of the molecule is CCCOc1cccc(-c2ccc(CO)c(=O)n2C)c1. The van der Waals surface area contributed by atoms with Gasteiger partial charge in [0.15, 0.2) is 0 Å². The molecule has 0 aliphatic carbocycles. The first kappa shape index (κ1) is 14.3. The predicted octanol–water partition coefficient (Wildman–Crippen LogP) is 2.33. The van der Waals surface area contributed by atoms with Gasteiger partial charge in [0.25, 0.3) is 5.56 Å². The average Bonchev–Trinajstić information content (AvgIpc) is 2.48. The van der Waals surface area contributed by atoms with Gasteiger partial charge in [0.2, 0.25) is 0 Å². The Balaban J connectivity index is 2.41. The molecular formula is C16H19NO3. The fourth-order valence-corrected chi connectivity index (χ4v) is 2.06. The van der Waals surface area contributed by atoms with Crippen LogP contribution in [0.2, 0.25) is 0 Å². The Bertz CT molecular complexity index is 646. The van der Waals surface area contributed by atoms with Gasteiger partial charge in [-0.05, 0) is 30.7 Å². The van der Waals surface area contributed by atoms with Crippen molar-refractivity contribution < 1.29 is 9.84 Å². The number of aliphatic hydroxyl groups excluding tert-OH is 1. The van der Waals surface area contributed by atoms with Crippen LogP contribution in [-0.2, 0) is 13.7 Å². The monoisotopic (exact) mass is 273 g/mol. The smallest absolute Gasteiger partial charge is 0.256 e. The highest BCUT2D eigenvalue weighted by molar-refractivity contribution is 5.61. The fourth-order valence-electron chi connectivity index (χ4n) is 2.06. The summed E-state index contributed by atoms with van der Waals surface area (Å²) in [5.74, 6) is 0.794. The molecule has 0 bridgehead atoms. The predicted molar refractivity (Wildman–Crippen MR) is 78.8 cm³/mol. The Hall–Kier alpha value is -2.07. The maximum absolute atomic E-state index is 12.0. The molecule has 4 heteroatoms. The van der Waals surface area contributed by atoms with Crippen molar-refractivity contribution in [1.29, 1.82) is 0 Å². The quantitative estimate of drug-likeness (QED) is 0.909. The van der Waals surface area contributed by atoms with Crippen LogP contribution in [0.3, 0.4) is 0 Å². The third kappa shape index (κ3) is 2.91. The molecule has 1 aromatic carbocycles. The van der Waals surface area contributed by atoms with Gasteiger partial charge < -0.3 is 14.4 Å². The van der Waals surface area contributed by atoms with E-state index in [9.17, 15) is 4.79 Å². The lowest BCUT2D eigenvalue weighted by molar-refractivity contribution is 0.279. The Kier molecular flexibility index (Phi) is 4.58. The molecule has 20 heavy (non-hydrogen) atoms. The second kappa shape index (κ2) is 6.39. The lowest BCUT2D eigenvalue weighted by atomic mass is 10.1. The van der Waals surface area contributed by atoms with E-state index in [1.807, 2.05) is 30.3 Å². The molecule has 0 aliphatic rings. The van der Waals surface area contributed by atoms with Gasteiger partial charge in [-0.2, -0.15) is 0 Å². The van der Waals surface area contributed by atoms with E-state index >= 15 is 0 Å². The van der Waals surface area contributed by atoms with Crippen molar-refractivity contribution in [2.75, 3.05) is 6.61 Å². The van der Waals surface area contributed by atoms with Crippen molar-refractivity contribution in [3.63, 3.8) is 0 Å². The number of nitrogens with zero attached hydrogens (tertiary/aromatic N) is 1. The standard InChI is InChI=1S/C16H19NO3/c1-3-9-20-14-6-4-5-12(10-14)15-8-7-13(11-18)16(19)17(15)2/h4-8,10,18H,3,9,11H2,1-2H3. The molecule has 0 saturated carbocycles. The van der Waals surface area contributed by atoms with Crippen molar-refractivity contribution >= 4 is 0 Å². The lowest BCUT2D eigenvalue weighted by Gasteiger charge is -2.11. The molecule has 0 unspecified atom stereocenters. The molecule has 0 aliphatic heterocycles. The number of ether oxygens (including phenoxy) is 1. The van der Waals surface area contributed by atoms with E-state index < -0.39 is 0 Å². The molecule has 0 fully saturated rings. The normalized spacial score (nSPS) is 10.6. The molecular weight excluding hydrogens is 254 g/mol. The first-order chi connectivity index (χ1) is 9.67. The number of pyridine rings is 1. The molecule has 0 spiro atoms. The summed E-state index contributed by atoms with van der Waals surface area (Å²) < 4.78 is 7.15. The van der Waals surface area contributed by atoms with Crippen molar-refractivity contribution in [1.82, 2.24) is 4.57 Å². The second-order valence-corrected chi connectivity index (χ2v) is 4.64. The highest BCUT2D eigenvalue weighted by Gasteiger charge is 2.07. The molecule has 106 valence electrons. The Morgan fingerprint density at radius 3 is 2.75 bits per heavy atom. The topological polar surface area (TPSA) is 51.5 Å². The van der Waals surface area contributed by atoms with Gasteiger partial charge in [0.1, 0.15) is 5.75 Å². The minimum Gasteiger partial charge on any atom is -0.494 e. The molecule has 0 saturated heterocycles. The average molecular weight is 273 g/mol. The van der Waals surface area contributed by atoms with Gasteiger partial charge in [-0.3, -0.25) is 4.79 Å². The van der Waals surface area contributed by atoms with Crippen LogP contribution in [0.25, 0.3) is 11.3 Å². The molecule has 1 aromatic heterocycles. The van der Waals surface area contributed by atoms with Gasteiger partial charge in [-0.25, -0.2) is 0 Å². The molecule has 4 nitrogen and oxygen atoms in total. The zero-order chi connectivity index (χ0) is 14.5. The van der Waals surface area contributed by atoms with E-state index in [2.05, 4.69) is 6.92 Å². The second-order valence-electron chi connectivity index (χ2n) is 4.64. The van der Waals surface area contributed by atoms with E-state index in [-0.39, 0.29) is 12.2 Å². The Morgan fingerprint density at radius 2 is 2.05 bits per heavy atom. The maximum Gasteiger partial charge on any atom is 0.256 e. The first-order valence-corrected chi connectivity index (χ1v) is 6.70. The van der Waals surface area contributed by atoms with Crippen molar-refractivity contribution in [3.05, 3.63) is 52.3 Å². The van der Waals surface area contributed by atoms with Crippen LogP contribution < -0.4 is 10.3 Å². The Labute approximate surface area is 118 Å². The summed E-state index contributed by atoms with van der Waals surface area (Å²) in [6, 6.07) is 11.2. The van der Waals surface area contributed by atoms with Crippen LogP contribution in [0, 0.1) is 0 Å². The van der Waals surface area contributed by atoms with Gasteiger partial charge in [-0.1, -0.05) is 19.1 Å². The van der Waals surface area contributed by atoms with Crippen LogP contribution >= 0.6 is 0 Å². The third-order valence-electron chi connectivity index (χ3n) is 3.16. The number of benzene rings is 1. The summed E-state index contributed by atoms with van der Waals surface area (Å²) in [5, 5.41) is 9.11. The van der Waals surface area contributed by atoms with Gasteiger partial charge in [-0.15, -0.1) is 0 Å². The number of hydrogen-bond donors (Lipinski definition) is 1. The Morgan fingerprint density at radius 1 is 1.25 bits per heavy atom. The maximum atomic E-state index is 12.0. The summed E-state index contributed by atoms with van der Waals surface area (Å²) in [6.45, 7) is 2.49. The van der Waals surface area contributed by atoms with Crippen LogP contribution in [0.1, 0.15) is 18.9 Å². The van der Waals surface area contributed by atoms with Crippen molar-refractivity contribution in [3.8, 4) is 17.0 Å². The van der Waals surface area contributed by atoms with E-state index in [0.717, 1.165) is 23.4 Å². The first-order valence-electron chi connectivity index (χ1n) is 6.70. The van der Waals surface area contributed by atoms with Gasteiger partial charge in [0, 0.05) is 18.2 Å². The zero-order valence-corrected chi connectivity index (χ0v) is 11.8. The van der Waals surface area contributed by atoms with Gasteiger partial charge >= 0.3 is 0 Å². The zero-order valence-electron chi connectivity index (χ0n) is 11.8.